The van der Waals surface area contributed by atoms with Gasteiger partial charge in [-0.1, -0.05) is 30.3 Å². The molecular formula is C14H16N2. The number of anilines is 2. The van der Waals surface area contributed by atoms with Crippen LogP contribution in [0.5, 0.6) is 0 Å². The number of nitrogens with two attached hydrogens (primary N) is 2. The molecule has 0 aromatic heterocycles. The maximum absolute atomic E-state index is 6.06. The van der Waals surface area contributed by atoms with Gasteiger partial charge in [0.15, 0.2) is 0 Å². The van der Waals surface area contributed by atoms with Crippen LogP contribution in [0.3, 0.4) is 0 Å². The van der Waals surface area contributed by atoms with Crippen molar-refractivity contribution < 1.29 is 0 Å². The topological polar surface area (TPSA) is 52.0 Å². The fourth-order valence-electron chi connectivity index (χ4n) is 1.96. The van der Waals surface area contributed by atoms with Crippen LogP contribution in [0, 0.1) is 13.8 Å². The van der Waals surface area contributed by atoms with E-state index in [9.17, 15) is 0 Å². The number of aryl methyl sites for hydroxylation is 2. The summed E-state index contributed by atoms with van der Waals surface area (Å²) < 4.78 is 0. The highest BCUT2D eigenvalue weighted by Crippen LogP contribution is 2.34. The van der Waals surface area contributed by atoms with Gasteiger partial charge in [-0.3, -0.25) is 0 Å². The first-order valence-electron chi connectivity index (χ1n) is 5.32. The smallest absolute Gasteiger partial charge is 0.0630 e. The van der Waals surface area contributed by atoms with Crippen LogP contribution in [0.25, 0.3) is 11.1 Å². The third-order valence-corrected chi connectivity index (χ3v) is 2.90. The monoisotopic (exact) mass is 212 g/mol. The van der Waals surface area contributed by atoms with Crippen LogP contribution in [-0.2, 0) is 0 Å². The summed E-state index contributed by atoms with van der Waals surface area (Å²) >= 11 is 0. The van der Waals surface area contributed by atoms with Crippen molar-refractivity contribution in [3.05, 3.63) is 47.5 Å². The lowest BCUT2D eigenvalue weighted by molar-refractivity contribution is 1.41. The highest BCUT2D eigenvalue weighted by Gasteiger charge is 2.10. The highest BCUT2D eigenvalue weighted by molar-refractivity contribution is 5.87. The molecular weight excluding hydrogens is 196 g/mol. The van der Waals surface area contributed by atoms with Gasteiger partial charge in [0.2, 0.25) is 0 Å². The first kappa shape index (κ1) is 10.6. The molecule has 82 valence electrons. The van der Waals surface area contributed by atoms with Crippen LogP contribution in [0.4, 0.5) is 11.4 Å². The van der Waals surface area contributed by atoms with E-state index >= 15 is 0 Å². The average Bonchev–Trinajstić information content (AvgIpc) is 2.27. The molecule has 0 aliphatic heterocycles. The Morgan fingerprint density at radius 3 is 2.19 bits per heavy atom. The second kappa shape index (κ2) is 3.89. The second-order valence-corrected chi connectivity index (χ2v) is 4.08. The largest absolute Gasteiger partial charge is 0.397 e. The molecule has 0 saturated carbocycles. The third kappa shape index (κ3) is 1.63. The van der Waals surface area contributed by atoms with E-state index in [-0.39, 0.29) is 0 Å². The van der Waals surface area contributed by atoms with Gasteiger partial charge >= 0.3 is 0 Å². The highest BCUT2D eigenvalue weighted by atomic mass is 14.7. The summed E-state index contributed by atoms with van der Waals surface area (Å²) in [5.41, 5.74) is 17.8. The summed E-state index contributed by atoms with van der Waals surface area (Å²) in [6.45, 7) is 4.13. The van der Waals surface area contributed by atoms with E-state index in [1.807, 2.05) is 24.3 Å². The Morgan fingerprint density at radius 1 is 0.812 bits per heavy atom. The maximum Gasteiger partial charge on any atom is 0.0630 e. The van der Waals surface area contributed by atoms with Gasteiger partial charge in [0.05, 0.1) is 11.4 Å². The predicted molar refractivity (Wildman–Crippen MR) is 70.2 cm³/mol. The summed E-state index contributed by atoms with van der Waals surface area (Å²) in [4.78, 5) is 0. The van der Waals surface area contributed by atoms with Gasteiger partial charge in [-0.2, -0.15) is 0 Å². The molecule has 16 heavy (non-hydrogen) atoms. The van der Waals surface area contributed by atoms with Crippen molar-refractivity contribution in [2.45, 2.75) is 13.8 Å². The number of hydrogen-bond acceptors (Lipinski definition) is 2. The quantitative estimate of drug-likeness (QED) is 0.713. The molecule has 0 bridgehead atoms. The van der Waals surface area contributed by atoms with Gasteiger partial charge in [0.1, 0.15) is 0 Å². The van der Waals surface area contributed by atoms with Gasteiger partial charge in [-0.05, 0) is 36.6 Å². The minimum atomic E-state index is 0.642. The summed E-state index contributed by atoms with van der Waals surface area (Å²) in [7, 11) is 0. The lowest BCUT2D eigenvalue weighted by Crippen LogP contribution is -1.99. The Hall–Kier alpha value is -1.96. The lowest BCUT2D eigenvalue weighted by Gasteiger charge is -2.13. The van der Waals surface area contributed by atoms with Gasteiger partial charge in [-0.15, -0.1) is 0 Å². The number of hydrogen-bond donors (Lipinski definition) is 2. The van der Waals surface area contributed by atoms with Crippen molar-refractivity contribution in [3.8, 4) is 11.1 Å². The minimum absolute atomic E-state index is 0.642. The van der Waals surface area contributed by atoms with Crippen molar-refractivity contribution in [1.82, 2.24) is 0 Å². The third-order valence-electron chi connectivity index (χ3n) is 2.90. The summed E-state index contributed by atoms with van der Waals surface area (Å²) in [5.74, 6) is 0. The first-order valence-corrected chi connectivity index (χ1v) is 5.32. The van der Waals surface area contributed by atoms with E-state index in [2.05, 4.69) is 26.0 Å². The minimum Gasteiger partial charge on any atom is -0.397 e. The molecule has 2 heteroatoms. The molecule has 2 aromatic carbocycles. The molecule has 0 saturated heterocycles. The molecule has 0 heterocycles. The van der Waals surface area contributed by atoms with Crippen molar-refractivity contribution >= 4 is 11.4 Å². The maximum atomic E-state index is 6.06. The molecule has 2 nitrogen and oxygen atoms in total. The van der Waals surface area contributed by atoms with E-state index in [1.54, 1.807) is 0 Å². The Bertz CT molecular complexity index is 530. The SMILES string of the molecule is Cc1ccccc1-c1c(C)ccc(N)c1N. The molecule has 0 aliphatic carbocycles. The van der Waals surface area contributed by atoms with E-state index < -0.39 is 0 Å². The first-order chi connectivity index (χ1) is 7.61. The van der Waals surface area contributed by atoms with Crippen LogP contribution in [0.2, 0.25) is 0 Å². The summed E-state index contributed by atoms with van der Waals surface area (Å²) in [6, 6.07) is 12.1. The van der Waals surface area contributed by atoms with Gasteiger partial charge in [-0.25, -0.2) is 0 Å². The van der Waals surface area contributed by atoms with Crippen LogP contribution in [0.15, 0.2) is 36.4 Å². The average molecular weight is 212 g/mol. The molecule has 0 amide bonds. The zero-order valence-corrected chi connectivity index (χ0v) is 9.62. The summed E-state index contributed by atoms with van der Waals surface area (Å²) in [6.07, 6.45) is 0. The number of benzene rings is 2. The fraction of sp³-hybridized carbons (Fsp3) is 0.143. The number of nitrogen functional groups attached to an aromatic ring is 2. The lowest BCUT2D eigenvalue weighted by atomic mass is 9.94. The predicted octanol–water partition coefficient (Wildman–Crippen LogP) is 3.13. The summed E-state index contributed by atoms with van der Waals surface area (Å²) in [5, 5.41) is 0. The van der Waals surface area contributed by atoms with Gasteiger partial charge < -0.3 is 11.5 Å². The fourth-order valence-corrected chi connectivity index (χ4v) is 1.96. The van der Waals surface area contributed by atoms with Crippen LogP contribution in [-0.4, -0.2) is 0 Å². The molecule has 0 spiro atoms. The molecule has 0 unspecified atom stereocenters. The standard InChI is InChI=1S/C14H16N2/c1-9-5-3-4-6-11(9)13-10(2)7-8-12(15)14(13)16/h3-8H,15-16H2,1-2H3. The van der Waals surface area contributed by atoms with Crippen LogP contribution < -0.4 is 11.5 Å². The molecule has 0 aliphatic rings. The van der Waals surface area contributed by atoms with Gasteiger partial charge in [0.25, 0.3) is 0 Å². The van der Waals surface area contributed by atoms with E-state index in [1.165, 1.54) is 5.56 Å². The molecule has 2 aromatic rings. The Kier molecular flexibility index (Phi) is 2.57. The zero-order chi connectivity index (χ0) is 11.7. The van der Waals surface area contributed by atoms with E-state index in [4.69, 9.17) is 11.5 Å². The van der Waals surface area contributed by atoms with Crippen molar-refractivity contribution in [3.63, 3.8) is 0 Å². The molecule has 0 fully saturated rings. The van der Waals surface area contributed by atoms with Crippen LogP contribution in [0.1, 0.15) is 11.1 Å². The molecule has 0 radical (unpaired) electrons. The Labute approximate surface area is 95.9 Å². The normalized spacial score (nSPS) is 10.4. The molecule has 4 N–H and O–H groups in total. The molecule has 0 atom stereocenters. The molecule has 2 rings (SSSR count). The second-order valence-electron chi connectivity index (χ2n) is 4.08. The Morgan fingerprint density at radius 2 is 1.50 bits per heavy atom. The Balaban J connectivity index is 2.74. The van der Waals surface area contributed by atoms with Gasteiger partial charge in [0, 0.05) is 5.56 Å². The van der Waals surface area contributed by atoms with Crippen molar-refractivity contribution in [2.75, 3.05) is 11.5 Å². The van der Waals surface area contributed by atoms with E-state index in [0.29, 0.717) is 11.4 Å². The number of rotatable bonds is 1. The zero-order valence-electron chi connectivity index (χ0n) is 9.62. The van der Waals surface area contributed by atoms with Crippen molar-refractivity contribution in [2.24, 2.45) is 0 Å². The van der Waals surface area contributed by atoms with E-state index in [0.717, 1.165) is 16.7 Å². The van der Waals surface area contributed by atoms with Crippen LogP contribution >= 0.6 is 0 Å². The van der Waals surface area contributed by atoms with Crippen molar-refractivity contribution in [1.29, 1.82) is 0 Å².